The molecule has 160 valence electrons. The van der Waals surface area contributed by atoms with Gasteiger partial charge < -0.3 is 5.32 Å². The predicted octanol–water partition coefficient (Wildman–Crippen LogP) is 3.72. The Hall–Kier alpha value is -3.46. The standard InChI is InChI=1S/C22H20F3N5O/c1-29-12-17(9-27-29)21-16(8-26-10-19(21)23)4-7-20(31)28-18-5-2-15(3-6-18)11-30-13-22(24,25)14-30/h2-10,12H,11,13-14H2,1H3,(H,28,31). The number of aryl methyl sites for hydroxylation is 1. The van der Waals surface area contributed by atoms with E-state index in [4.69, 9.17) is 0 Å². The van der Waals surface area contributed by atoms with Crippen molar-refractivity contribution in [2.24, 2.45) is 7.05 Å². The second-order valence-electron chi connectivity index (χ2n) is 7.51. The molecule has 0 aliphatic carbocycles. The van der Waals surface area contributed by atoms with E-state index in [2.05, 4.69) is 15.4 Å². The molecule has 2 aromatic heterocycles. The third-order valence-corrected chi connectivity index (χ3v) is 4.87. The Morgan fingerprint density at radius 2 is 1.94 bits per heavy atom. The number of nitrogens with zero attached hydrogens (tertiary/aromatic N) is 4. The van der Waals surface area contributed by atoms with Crippen LogP contribution < -0.4 is 5.32 Å². The smallest absolute Gasteiger partial charge is 0.272 e. The van der Waals surface area contributed by atoms with E-state index in [9.17, 15) is 18.0 Å². The van der Waals surface area contributed by atoms with Gasteiger partial charge in [0.15, 0.2) is 0 Å². The van der Waals surface area contributed by atoms with Gasteiger partial charge >= 0.3 is 0 Å². The number of pyridine rings is 1. The van der Waals surface area contributed by atoms with E-state index in [1.165, 1.54) is 18.3 Å². The number of aromatic nitrogens is 3. The van der Waals surface area contributed by atoms with Crippen LogP contribution in [0.3, 0.4) is 0 Å². The molecule has 6 nitrogen and oxygen atoms in total. The van der Waals surface area contributed by atoms with Gasteiger partial charge in [0.05, 0.1) is 25.5 Å². The second-order valence-corrected chi connectivity index (χ2v) is 7.51. The lowest BCUT2D eigenvalue weighted by molar-refractivity contribution is -0.133. The molecule has 0 bridgehead atoms. The first-order valence-electron chi connectivity index (χ1n) is 9.60. The first kappa shape index (κ1) is 20.8. The van der Waals surface area contributed by atoms with Crippen molar-refractivity contribution in [3.05, 3.63) is 72.1 Å². The zero-order valence-corrected chi connectivity index (χ0v) is 16.7. The fourth-order valence-electron chi connectivity index (χ4n) is 3.45. The summed E-state index contributed by atoms with van der Waals surface area (Å²) < 4.78 is 41.7. The summed E-state index contributed by atoms with van der Waals surface area (Å²) in [5, 5.41) is 6.78. The van der Waals surface area contributed by atoms with Gasteiger partial charge in [-0.3, -0.25) is 19.4 Å². The number of hydrogen-bond acceptors (Lipinski definition) is 4. The third kappa shape index (κ3) is 5.00. The summed E-state index contributed by atoms with van der Waals surface area (Å²) in [5.74, 6) is -3.49. The van der Waals surface area contributed by atoms with Crippen molar-refractivity contribution in [1.29, 1.82) is 0 Å². The third-order valence-electron chi connectivity index (χ3n) is 4.87. The normalized spacial score (nSPS) is 15.7. The number of rotatable bonds is 6. The van der Waals surface area contributed by atoms with Crippen LogP contribution in [0.5, 0.6) is 0 Å². The van der Waals surface area contributed by atoms with Gasteiger partial charge in [-0.15, -0.1) is 0 Å². The van der Waals surface area contributed by atoms with Crippen molar-refractivity contribution in [2.75, 3.05) is 18.4 Å². The van der Waals surface area contributed by atoms with Crippen molar-refractivity contribution >= 4 is 17.7 Å². The molecule has 1 saturated heterocycles. The quantitative estimate of drug-likeness (QED) is 0.609. The molecule has 0 unspecified atom stereocenters. The molecule has 1 amide bonds. The molecule has 1 aliphatic heterocycles. The molecule has 9 heteroatoms. The molecule has 1 fully saturated rings. The lowest BCUT2D eigenvalue weighted by Crippen LogP contribution is -2.55. The van der Waals surface area contributed by atoms with Gasteiger partial charge in [0.25, 0.3) is 5.92 Å². The summed E-state index contributed by atoms with van der Waals surface area (Å²) >= 11 is 0. The summed E-state index contributed by atoms with van der Waals surface area (Å²) in [6.45, 7) is -0.0219. The van der Waals surface area contributed by atoms with Crippen molar-refractivity contribution in [2.45, 2.75) is 12.5 Å². The van der Waals surface area contributed by atoms with Crippen molar-refractivity contribution < 1.29 is 18.0 Å². The molecule has 0 atom stereocenters. The highest BCUT2D eigenvalue weighted by Crippen LogP contribution is 2.28. The number of hydrogen-bond donors (Lipinski definition) is 1. The van der Waals surface area contributed by atoms with Crippen LogP contribution in [0.4, 0.5) is 18.9 Å². The maximum atomic E-state index is 14.3. The Morgan fingerprint density at radius 3 is 2.58 bits per heavy atom. The topological polar surface area (TPSA) is 63.1 Å². The first-order valence-corrected chi connectivity index (χ1v) is 9.60. The Bertz CT molecular complexity index is 1120. The maximum absolute atomic E-state index is 14.3. The largest absolute Gasteiger partial charge is 0.323 e. The minimum absolute atomic E-state index is 0.230. The number of carbonyl (C=O) groups excluding carboxylic acids is 1. The van der Waals surface area contributed by atoms with Crippen LogP contribution in [0.25, 0.3) is 17.2 Å². The van der Waals surface area contributed by atoms with Gasteiger partial charge in [0.2, 0.25) is 5.91 Å². The summed E-state index contributed by atoms with van der Waals surface area (Å²) in [5.41, 5.74) is 2.80. The molecule has 1 aromatic carbocycles. The number of nitrogens with one attached hydrogen (secondary N) is 1. The molecular weight excluding hydrogens is 407 g/mol. The summed E-state index contributed by atoms with van der Waals surface area (Å²) in [4.78, 5) is 17.8. The maximum Gasteiger partial charge on any atom is 0.272 e. The number of amides is 1. The van der Waals surface area contributed by atoms with Gasteiger partial charge in [-0.05, 0) is 23.8 Å². The van der Waals surface area contributed by atoms with E-state index in [0.717, 1.165) is 11.8 Å². The first-order chi connectivity index (χ1) is 14.8. The number of halogens is 3. The van der Waals surface area contributed by atoms with Crippen LogP contribution in [0, 0.1) is 5.82 Å². The molecule has 4 rings (SSSR count). The van der Waals surface area contributed by atoms with E-state index in [0.29, 0.717) is 28.9 Å². The van der Waals surface area contributed by atoms with Crippen molar-refractivity contribution in [3.8, 4) is 11.1 Å². The summed E-state index contributed by atoms with van der Waals surface area (Å²) in [7, 11) is 1.73. The van der Waals surface area contributed by atoms with Crippen molar-refractivity contribution in [1.82, 2.24) is 19.7 Å². The fourth-order valence-corrected chi connectivity index (χ4v) is 3.45. The SMILES string of the molecule is Cn1cc(-c2c(F)cncc2C=CC(=O)Nc2ccc(CN3CC(F)(F)C3)cc2)cn1. The average molecular weight is 427 g/mol. The number of benzene rings is 1. The lowest BCUT2D eigenvalue weighted by atomic mass is 10.0. The number of anilines is 1. The van der Waals surface area contributed by atoms with Crippen LogP contribution in [0.1, 0.15) is 11.1 Å². The van der Waals surface area contributed by atoms with Crippen LogP contribution in [-0.4, -0.2) is 44.6 Å². The highest BCUT2D eigenvalue weighted by atomic mass is 19.3. The van der Waals surface area contributed by atoms with E-state index < -0.39 is 17.6 Å². The van der Waals surface area contributed by atoms with Gasteiger partial charge in [-0.1, -0.05) is 12.1 Å². The molecule has 0 saturated carbocycles. The Kier molecular flexibility index (Phi) is 5.60. The Balaban J connectivity index is 1.40. The molecule has 0 spiro atoms. The predicted molar refractivity (Wildman–Crippen MR) is 111 cm³/mol. The van der Waals surface area contributed by atoms with Crippen LogP contribution >= 0.6 is 0 Å². The molecule has 3 heterocycles. The van der Waals surface area contributed by atoms with Gasteiger partial charge in [-0.25, -0.2) is 13.2 Å². The zero-order chi connectivity index (χ0) is 22.0. The van der Waals surface area contributed by atoms with Gasteiger partial charge in [0, 0.05) is 54.4 Å². The molecule has 0 radical (unpaired) electrons. The van der Waals surface area contributed by atoms with Crippen LogP contribution in [0.2, 0.25) is 0 Å². The van der Waals surface area contributed by atoms with Crippen LogP contribution in [0.15, 0.2) is 55.1 Å². The van der Waals surface area contributed by atoms with Crippen molar-refractivity contribution in [3.63, 3.8) is 0 Å². The highest BCUT2D eigenvalue weighted by Gasteiger charge is 2.43. The fraction of sp³-hybridized carbons (Fsp3) is 0.227. The molecule has 1 N–H and O–H groups in total. The highest BCUT2D eigenvalue weighted by molar-refractivity contribution is 6.02. The second kappa shape index (κ2) is 8.35. The van der Waals surface area contributed by atoms with E-state index in [1.807, 2.05) is 0 Å². The van der Waals surface area contributed by atoms with E-state index in [-0.39, 0.29) is 13.1 Å². The summed E-state index contributed by atoms with van der Waals surface area (Å²) in [6, 6.07) is 6.99. The zero-order valence-electron chi connectivity index (χ0n) is 16.7. The Morgan fingerprint density at radius 1 is 1.19 bits per heavy atom. The minimum atomic E-state index is -2.59. The Labute approximate surface area is 177 Å². The van der Waals surface area contributed by atoms with E-state index in [1.54, 1.807) is 53.3 Å². The monoisotopic (exact) mass is 427 g/mol. The summed E-state index contributed by atoms with van der Waals surface area (Å²) in [6.07, 6.45) is 8.60. The number of likely N-dealkylation sites (tertiary alicyclic amines) is 1. The number of carbonyl (C=O) groups is 1. The lowest BCUT2D eigenvalue weighted by Gasteiger charge is -2.38. The molecule has 3 aromatic rings. The molecule has 31 heavy (non-hydrogen) atoms. The minimum Gasteiger partial charge on any atom is -0.323 e. The van der Waals surface area contributed by atoms with Crippen LogP contribution in [-0.2, 0) is 18.4 Å². The average Bonchev–Trinajstić information content (AvgIpc) is 3.12. The van der Waals surface area contributed by atoms with E-state index >= 15 is 0 Å². The molecule has 1 aliphatic rings. The molecular formula is C22H20F3N5O. The number of alkyl halides is 2. The van der Waals surface area contributed by atoms with Gasteiger partial charge in [-0.2, -0.15) is 5.10 Å². The van der Waals surface area contributed by atoms with Gasteiger partial charge in [0.1, 0.15) is 5.82 Å².